The molecule has 5 nitrogen and oxygen atoms in total. The molecule has 2 aromatic heterocycles. The Hall–Kier alpha value is -2.21. The first kappa shape index (κ1) is 19.5. The molecule has 0 aliphatic carbocycles. The Balaban J connectivity index is 1.64. The van der Waals surface area contributed by atoms with Crippen LogP contribution in [-0.4, -0.2) is 14.7 Å². The lowest BCUT2D eigenvalue weighted by molar-refractivity contribution is 0.415. The summed E-state index contributed by atoms with van der Waals surface area (Å²) in [5.74, 6) is 0.194. The highest BCUT2D eigenvalue weighted by Crippen LogP contribution is 2.39. The molecule has 1 N–H and O–H groups in total. The molecular weight excluding hydrogens is 356 g/mol. The molecule has 0 atom stereocenters. The number of hydrogen-bond acceptors (Lipinski definition) is 5. The molecule has 0 bridgehead atoms. The molecule has 0 saturated heterocycles. The predicted octanol–water partition coefficient (Wildman–Crippen LogP) is 7.36. The van der Waals surface area contributed by atoms with Crippen molar-refractivity contribution < 1.29 is 5.11 Å². The van der Waals surface area contributed by atoms with E-state index in [4.69, 9.17) is 0 Å². The lowest BCUT2D eigenvalue weighted by atomic mass is 10.1. The Kier molecular flexibility index (Phi) is 7.39. The monoisotopic (exact) mass is 384 g/mol. The maximum Gasteiger partial charge on any atom is 0.229 e. The Morgan fingerprint density at radius 1 is 1.00 bits per heavy atom. The Morgan fingerprint density at radius 3 is 2.48 bits per heavy atom. The largest absolute Gasteiger partial charge is 0.493 e. The number of hydrogen-bond donors (Lipinski definition) is 1. The van der Waals surface area contributed by atoms with Crippen molar-refractivity contribution in [3.63, 3.8) is 0 Å². The van der Waals surface area contributed by atoms with Crippen LogP contribution in [0.4, 0.5) is 10.8 Å². The van der Waals surface area contributed by atoms with Gasteiger partial charge in [0.1, 0.15) is 0 Å². The van der Waals surface area contributed by atoms with Gasteiger partial charge in [-0.1, -0.05) is 70.1 Å². The topological polar surface area (TPSA) is 62.8 Å². The van der Waals surface area contributed by atoms with Gasteiger partial charge in [-0.2, -0.15) is 0 Å². The van der Waals surface area contributed by atoms with Gasteiger partial charge in [0.05, 0.1) is 5.52 Å². The third kappa shape index (κ3) is 5.16. The molecule has 1 aromatic carbocycles. The van der Waals surface area contributed by atoms with Crippen LogP contribution in [0.3, 0.4) is 0 Å². The Bertz CT molecular complexity index is 855. The molecule has 3 rings (SSSR count). The van der Waals surface area contributed by atoms with E-state index in [-0.39, 0.29) is 5.88 Å². The number of aryl methyl sites for hydroxylation is 1. The third-order valence-corrected chi connectivity index (χ3v) is 5.46. The quantitative estimate of drug-likeness (QED) is 0.277. The first-order valence-electron chi connectivity index (χ1n) is 9.92. The van der Waals surface area contributed by atoms with Gasteiger partial charge >= 0.3 is 0 Å². The number of benzene rings is 1. The summed E-state index contributed by atoms with van der Waals surface area (Å²) in [4.78, 5) is 4.11. The van der Waals surface area contributed by atoms with Crippen LogP contribution in [0.5, 0.6) is 5.88 Å². The number of unbranched alkanes of at least 4 members (excludes halogenated alkanes) is 7. The fourth-order valence-electron chi connectivity index (χ4n) is 3.36. The zero-order valence-electron chi connectivity index (χ0n) is 16.0. The van der Waals surface area contributed by atoms with E-state index in [1.807, 2.05) is 34.2 Å². The highest BCUT2D eigenvalue weighted by Gasteiger charge is 2.16. The Morgan fingerprint density at radius 2 is 1.74 bits per heavy atom. The standard InChI is InChI=1S/C21H28N4OS/c1-2-3-4-5-6-7-8-11-15-25-18-13-10-9-12-17(18)19(20(25)26)23-24-21-22-14-16-27-21/h9-10,12-14,16,26H,2-8,11,15H2,1H3. The van der Waals surface area contributed by atoms with Crippen LogP contribution in [0.2, 0.25) is 0 Å². The highest BCUT2D eigenvalue weighted by atomic mass is 32.1. The second kappa shape index (κ2) is 10.2. The van der Waals surface area contributed by atoms with Crippen LogP contribution < -0.4 is 0 Å². The van der Waals surface area contributed by atoms with Crippen LogP contribution in [0.1, 0.15) is 58.3 Å². The number of fused-ring (bicyclic) bond motifs is 1. The molecule has 0 unspecified atom stereocenters. The normalized spacial score (nSPS) is 11.7. The van der Waals surface area contributed by atoms with Gasteiger partial charge in [0.25, 0.3) is 0 Å². The van der Waals surface area contributed by atoms with Crippen LogP contribution in [0.25, 0.3) is 10.9 Å². The van der Waals surface area contributed by atoms with E-state index in [0.717, 1.165) is 23.9 Å². The van der Waals surface area contributed by atoms with Crippen molar-refractivity contribution in [2.75, 3.05) is 0 Å². The van der Waals surface area contributed by atoms with Crippen molar-refractivity contribution in [1.29, 1.82) is 0 Å². The number of nitrogens with zero attached hydrogens (tertiary/aromatic N) is 4. The average molecular weight is 385 g/mol. The minimum Gasteiger partial charge on any atom is -0.493 e. The van der Waals surface area contributed by atoms with Gasteiger partial charge in [0.15, 0.2) is 5.69 Å². The molecule has 144 valence electrons. The lowest BCUT2D eigenvalue weighted by Crippen LogP contribution is -1.97. The minimum absolute atomic E-state index is 0.194. The summed E-state index contributed by atoms with van der Waals surface area (Å²) in [7, 11) is 0. The summed E-state index contributed by atoms with van der Waals surface area (Å²) in [6, 6.07) is 7.97. The van der Waals surface area contributed by atoms with E-state index in [1.165, 1.54) is 56.3 Å². The van der Waals surface area contributed by atoms with Gasteiger partial charge in [0.2, 0.25) is 11.0 Å². The van der Waals surface area contributed by atoms with E-state index < -0.39 is 0 Å². The van der Waals surface area contributed by atoms with Crippen molar-refractivity contribution in [2.45, 2.75) is 64.8 Å². The summed E-state index contributed by atoms with van der Waals surface area (Å²) in [5, 5.41) is 22.6. The first-order chi connectivity index (χ1) is 13.3. The number of azo groups is 1. The zero-order chi connectivity index (χ0) is 18.9. The molecule has 0 saturated carbocycles. The number of aromatic hydroxyl groups is 1. The van der Waals surface area contributed by atoms with Crippen molar-refractivity contribution >= 4 is 33.1 Å². The van der Waals surface area contributed by atoms with E-state index in [2.05, 4.69) is 22.1 Å². The highest BCUT2D eigenvalue weighted by molar-refractivity contribution is 7.13. The van der Waals surface area contributed by atoms with Crippen LogP contribution >= 0.6 is 11.3 Å². The molecule has 0 aliphatic heterocycles. The van der Waals surface area contributed by atoms with Gasteiger partial charge in [-0.15, -0.1) is 21.6 Å². The van der Waals surface area contributed by atoms with Gasteiger partial charge < -0.3 is 9.67 Å². The molecule has 2 heterocycles. The second-order valence-corrected chi connectivity index (χ2v) is 7.70. The predicted molar refractivity (Wildman–Crippen MR) is 113 cm³/mol. The number of aromatic nitrogens is 2. The van der Waals surface area contributed by atoms with Crippen LogP contribution in [0.15, 0.2) is 46.1 Å². The maximum absolute atomic E-state index is 10.7. The molecular formula is C21H28N4OS. The van der Waals surface area contributed by atoms with E-state index >= 15 is 0 Å². The molecule has 3 aromatic rings. The van der Waals surface area contributed by atoms with Gasteiger partial charge in [-0.3, -0.25) is 0 Å². The average Bonchev–Trinajstić information content (AvgIpc) is 3.29. The van der Waals surface area contributed by atoms with Crippen molar-refractivity contribution in [1.82, 2.24) is 9.55 Å². The number of thiazole rings is 1. The fraction of sp³-hybridized carbons (Fsp3) is 0.476. The first-order valence-corrected chi connectivity index (χ1v) is 10.8. The fourth-order valence-corrected chi connectivity index (χ4v) is 3.81. The van der Waals surface area contributed by atoms with Crippen molar-refractivity contribution in [3.8, 4) is 5.88 Å². The Labute approximate surface area is 164 Å². The van der Waals surface area contributed by atoms with Crippen LogP contribution in [-0.2, 0) is 6.54 Å². The molecule has 27 heavy (non-hydrogen) atoms. The summed E-state index contributed by atoms with van der Waals surface area (Å²) in [6.07, 6.45) is 11.9. The molecule has 0 aliphatic rings. The van der Waals surface area contributed by atoms with Gasteiger partial charge in [0, 0.05) is 23.5 Å². The number of rotatable bonds is 11. The van der Waals surface area contributed by atoms with Gasteiger partial charge in [-0.05, 0) is 12.5 Å². The van der Waals surface area contributed by atoms with Crippen molar-refractivity contribution in [2.24, 2.45) is 10.2 Å². The molecule has 0 fully saturated rings. The zero-order valence-corrected chi connectivity index (χ0v) is 16.8. The third-order valence-electron chi connectivity index (χ3n) is 4.81. The molecule has 0 amide bonds. The summed E-state index contributed by atoms with van der Waals surface area (Å²) in [5.41, 5.74) is 1.53. The molecule has 6 heteroatoms. The van der Waals surface area contributed by atoms with E-state index in [1.54, 1.807) is 6.20 Å². The van der Waals surface area contributed by atoms with E-state index in [0.29, 0.717) is 10.8 Å². The molecule has 0 radical (unpaired) electrons. The lowest BCUT2D eigenvalue weighted by Gasteiger charge is -2.07. The summed E-state index contributed by atoms with van der Waals surface area (Å²) in [6.45, 7) is 3.05. The molecule has 0 spiro atoms. The van der Waals surface area contributed by atoms with Gasteiger partial charge in [-0.25, -0.2) is 4.98 Å². The smallest absolute Gasteiger partial charge is 0.229 e. The van der Waals surface area contributed by atoms with E-state index in [9.17, 15) is 5.11 Å². The SMILES string of the molecule is CCCCCCCCCCn1c(O)c(N=Nc2nccs2)c2ccccc21. The van der Waals surface area contributed by atoms with Crippen molar-refractivity contribution in [3.05, 3.63) is 35.8 Å². The minimum atomic E-state index is 0.194. The summed E-state index contributed by atoms with van der Waals surface area (Å²) < 4.78 is 1.96. The number of para-hydroxylation sites is 1. The van der Waals surface area contributed by atoms with Crippen LogP contribution in [0, 0.1) is 0 Å². The maximum atomic E-state index is 10.7. The summed E-state index contributed by atoms with van der Waals surface area (Å²) >= 11 is 1.43. The second-order valence-electron chi connectivity index (χ2n) is 6.83.